The number of nitrogens with one attached hydrogen (secondary N) is 3. The number of aromatic nitrogens is 2. The zero-order chi connectivity index (χ0) is 69.3. The van der Waals surface area contributed by atoms with Gasteiger partial charge in [0.1, 0.15) is 54.4 Å². The number of hydrogen-bond donors (Lipinski definition) is 26. The molecule has 2 fully saturated rings. The molecule has 35 N–H and O–H groups in total. The number of aromatic amines is 1. The Labute approximate surface area is 512 Å². The normalized spacial score (nSPS) is 15.4. The number of unbranched alkanes of at least 4 members (excludes halogenated alkanes) is 2. The van der Waals surface area contributed by atoms with Gasteiger partial charge in [-0.25, -0.2) is 4.98 Å². The lowest BCUT2D eigenvalue weighted by atomic mass is 10.1. The number of nitrogens with two attached hydrogens (primary N) is 10. The van der Waals surface area contributed by atoms with Crippen LogP contribution in [0.5, 0.6) is 0 Å². The van der Waals surface area contributed by atoms with Gasteiger partial charge in [0.25, 0.3) is 0 Å². The van der Waals surface area contributed by atoms with Crippen molar-refractivity contribution < 1.29 is 114 Å². The lowest BCUT2D eigenvalue weighted by Crippen LogP contribution is -2.33. The first-order chi connectivity index (χ1) is 41.0. The van der Waals surface area contributed by atoms with E-state index in [1.54, 1.807) is 6.20 Å². The zero-order valence-electron chi connectivity index (χ0n) is 48.6. The summed E-state index contributed by atoms with van der Waals surface area (Å²) in [7, 11) is 0. The number of carbonyl (C=O) groups is 11. The molecule has 2 aliphatic rings. The fourth-order valence-corrected chi connectivity index (χ4v) is 5.45. The molecular weight excluding hydrogens is 1200 g/mol. The molecule has 7 unspecified atom stereocenters. The van der Waals surface area contributed by atoms with Crippen molar-refractivity contribution in [2.75, 3.05) is 45.1 Å². The third kappa shape index (κ3) is 62.9. The van der Waals surface area contributed by atoms with Crippen molar-refractivity contribution in [2.24, 2.45) is 57.3 Å². The summed E-state index contributed by atoms with van der Waals surface area (Å²) >= 11 is 3.65. The molecule has 2 aliphatic heterocycles. The average molecular weight is 1290 g/mol. The van der Waals surface area contributed by atoms with E-state index in [-0.39, 0.29) is 43.6 Å². The van der Waals surface area contributed by atoms with Crippen molar-refractivity contribution in [3.05, 3.63) is 54.1 Å². The van der Waals surface area contributed by atoms with Gasteiger partial charge >= 0.3 is 65.7 Å². The maximum atomic E-state index is 10.4. The summed E-state index contributed by atoms with van der Waals surface area (Å²) in [6.45, 7) is 2.14. The number of thiol groups is 1. The Kier molecular flexibility index (Phi) is 62.2. The molecule has 38 heteroatoms. The zero-order valence-corrected chi connectivity index (χ0v) is 49.5. The molecule has 0 bridgehead atoms. The fourth-order valence-electron chi connectivity index (χ4n) is 5.29. The Morgan fingerprint density at radius 1 is 0.500 bits per heavy atom. The lowest BCUT2D eigenvalue weighted by Gasteiger charge is -2.04. The molecule has 0 aliphatic carbocycles. The number of hydrogen-bond acceptors (Lipinski definition) is 26. The fraction of sp³-hybridized carbons (Fsp3) is 0.600. The lowest BCUT2D eigenvalue weighted by molar-refractivity contribution is -0.141. The highest BCUT2D eigenvalue weighted by Gasteiger charge is 2.21. The SMILES string of the molecule is NC(CCC(=O)O)C(=O)O.NC(CO)C(=O)O.NC(CS)C(=O)O.NC(Cc1ccccc1)C(=O)O.NC(Cc1cnc[nH]1)C(=O)O.NCC(=O)O.NCCCCC(N)C(=O)O.NCCCCC(N)C(=O)O.O=C(O)[C@@H]1CCCN1.O=C(O)[C@@H]1CCCN1. The number of carboxylic acids is 11. The number of aliphatic hydroxyl groups excluding tert-OH is 1. The monoisotopic (exact) mass is 1290 g/mol. The second-order valence-electron chi connectivity index (χ2n) is 18.0. The van der Waals surface area contributed by atoms with Crippen LogP contribution in [0.4, 0.5) is 0 Å². The molecule has 37 nitrogen and oxygen atoms in total. The second-order valence-corrected chi connectivity index (χ2v) is 18.4. The number of aliphatic carboxylic acids is 11. The van der Waals surface area contributed by atoms with E-state index in [0.29, 0.717) is 32.4 Å². The third-order valence-corrected chi connectivity index (χ3v) is 10.8. The minimum Gasteiger partial charge on any atom is -0.481 e. The molecular formula is C50H94N14O23S. The molecule has 9 atom stereocenters. The number of aliphatic hydroxyl groups is 1. The van der Waals surface area contributed by atoms with Crippen LogP contribution >= 0.6 is 12.6 Å². The van der Waals surface area contributed by atoms with Crippen LogP contribution in [0.3, 0.4) is 0 Å². The van der Waals surface area contributed by atoms with Gasteiger partial charge in [-0.3, -0.25) is 52.7 Å². The number of nitrogens with zero attached hydrogens (tertiary/aromatic N) is 1. The Morgan fingerprint density at radius 2 is 0.864 bits per heavy atom. The number of imidazole rings is 1. The van der Waals surface area contributed by atoms with Gasteiger partial charge in [-0.2, -0.15) is 12.6 Å². The standard InChI is InChI=1S/C9H11NO2.C6H9N3O2.2C6H14N2O2.C5H9NO4.2C5H9NO2.C3H7NO3.C3H7NO2S.C2H5NO2/c10-8(9(11)12)6-7-4-2-1-3-5-7;7-5(6(10)11)1-4-2-8-3-9-4;2*7-4-2-1-3-5(8)6(9)10;6-3(5(9)10)1-2-4(7)8;2*7-5(8)4-2-1-3-6-4;4-2(1-5)3(6)7;4-2(1-7)3(5)6;3-1-2(4)5/h1-5,8H,6,10H2,(H,11,12);2-3,5H,1,7H2,(H,8,9)(H,10,11);2*5H,1-4,7-8H2,(H,9,10);3H,1-2,6H2,(H,7,8)(H,9,10);2*4,6H,1-3H2,(H,7,8);2,5H,1,4H2,(H,6,7);2,7H,1,4H2,(H,5,6);1,3H2,(H,4,5)/t;;;;;2*4-;;;/m.....00.../s1. The highest BCUT2D eigenvalue weighted by atomic mass is 32.1. The maximum absolute atomic E-state index is 10.4. The predicted molar refractivity (Wildman–Crippen MR) is 319 cm³/mol. The van der Waals surface area contributed by atoms with E-state index < -0.39 is 115 Å². The van der Waals surface area contributed by atoms with Crippen molar-refractivity contribution in [3.8, 4) is 0 Å². The van der Waals surface area contributed by atoms with E-state index in [9.17, 15) is 52.7 Å². The van der Waals surface area contributed by atoms with Gasteiger partial charge in [0.2, 0.25) is 0 Å². The Hall–Kier alpha value is -7.57. The highest BCUT2D eigenvalue weighted by molar-refractivity contribution is 7.80. The molecule has 1 aromatic carbocycles. The summed E-state index contributed by atoms with van der Waals surface area (Å²) in [5.74, 6) is -10.4. The first-order valence-electron chi connectivity index (χ1n) is 26.6. The quantitative estimate of drug-likeness (QED) is 0.0293. The second kappa shape index (κ2) is 59.7. The van der Waals surface area contributed by atoms with Gasteiger partial charge < -0.3 is 134 Å². The maximum Gasteiger partial charge on any atom is 0.322 e. The summed E-state index contributed by atoms with van der Waals surface area (Å²) in [6, 6.07) is 2.72. The largest absolute Gasteiger partial charge is 0.481 e. The van der Waals surface area contributed by atoms with E-state index in [0.717, 1.165) is 75.7 Å². The molecule has 3 heterocycles. The molecule has 0 amide bonds. The smallest absolute Gasteiger partial charge is 0.322 e. The van der Waals surface area contributed by atoms with Gasteiger partial charge in [-0.1, -0.05) is 43.2 Å². The Morgan fingerprint density at radius 3 is 1.09 bits per heavy atom. The summed E-state index contributed by atoms with van der Waals surface area (Å²) in [6.07, 6.45) is 11.4. The minimum absolute atomic E-state index is 0.0231. The molecule has 0 radical (unpaired) electrons. The Bertz CT molecular complexity index is 2130. The van der Waals surface area contributed by atoms with Gasteiger partial charge in [0, 0.05) is 30.5 Å². The average Bonchev–Trinajstić information content (AvgIpc) is 4.38. The van der Waals surface area contributed by atoms with Gasteiger partial charge in [0.05, 0.1) is 19.5 Å². The van der Waals surface area contributed by atoms with Crippen LogP contribution in [-0.2, 0) is 65.6 Å². The van der Waals surface area contributed by atoms with Crippen molar-refractivity contribution in [1.82, 2.24) is 20.6 Å². The van der Waals surface area contributed by atoms with Crippen molar-refractivity contribution in [3.63, 3.8) is 0 Å². The van der Waals surface area contributed by atoms with Crippen LogP contribution < -0.4 is 68.0 Å². The van der Waals surface area contributed by atoms with Crippen LogP contribution in [0.25, 0.3) is 0 Å². The first-order valence-corrected chi connectivity index (χ1v) is 27.3. The molecule has 0 saturated carbocycles. The van der Waals surface area contributed by atoms with Crippen molar-refractivity contribution >= 4 is 78.3 Å². The third-order valence-electron chi connectivity index (χ3n) is 10.4. The van der Waals surface area contributed by atoms with E-state index >= 15 is 0 Å². The van der Waals surface area contributed by atoms with Crippen LogP contribution in [0.15, 0.2) is 42.9 Å². The van der Waals surface area contributed by atoms with Gasteiger partial charge in [-0.15, -0.1) is 0 Å². The number of carboxylic acid groups (broad SMARTS) is 11. The number of H-pyrrole nitrogens is 1. The van der Waals surface area contributed by atoms with Crippen LogP contribution in [-0.4, -0.2) is 236 Å². The molecule has 508 valence electrons. The summed E-state index contributed by atoms with van der Waals surface area (Å²) in [5, 5.41) is 104. The van der Waals surface area contributed by atoms with E-state index in [1.807, 2.05) is 30.3 Å². The van der Waals surface area contributed by atoms with Gasteiger partial charge in [0.15, 0.2) is 0 Å². The molecule has 2 aromatic rings. The summed E-state index contributed by atoms with van der Waals surface area (Å²) < 4.78 is 0. The van der Waals surface area contributed by atoms with E-state index in [1.165, 1.54) is 6.33 Å². The van der Waals surface area contributed by atoms with E-state index in [2.05, 4.69) is 39.0 Å². The van der Waals surface area contributed by atoms with Gasteiger partial charge in [-0.05, 0) is 96.0 Å². The number of benzene rings is 1. The van der Waals surface area contributed by atoms with Crippen molar-refractivity contribution in [2.45, 2.75) is 144 Å². The predicted octanol–water partition coefficient (Wildman–Crippen LogP) is -5.28. The Balaban J connectivity index is -0.000000214. The highest BCUT2D eigenvalue weighted by Crippen LogP contribution is 2.05. The molecule has 88 heavy (non-hydrogen) atoms. The molecule has 0 spiro atoms. The summed E-state index contributed by atoms with van der Waals surface area (Å²) in [5.41, 5.74) is 52.4. The molecule has 1 aromatic heterocycles. The topological polar surface area (TPSA) is 743 Å². The number of rotatable bonds is 27. The molecule has 4 rings (SSSR count). The van der Waals surface area contributed by atoms with Crippen molar-refractivity contribution in [1.29, 1.82) is 0 Å². The van der Waals surface area contributed by atoms with Crippen LogP contribution in [0.2, 0.25) is 0 Å². The van der Waals surface area contributed by atoms with E-state index in [4.69, 9.17) is 113 Å². The van der Waals surface area contributed by atoms with Crippen LogP contribution in [0, 0.1) is 0 Å². The molecule has 2 saturated heterocycles. The van der Waals surface area contributed by atoms with Crippen LogP contribution in [0.1, 0.15) is 88.3 Å². The summed E-state index contributed by atoms with van der Waals surface area (Å²) in [4.78, 5) is 116. The first kappa shape index (κ1) is 91.6. The minimum atomic E-state index is -1.18.